The van der Waals surface area contributed by atoms with Crippen molar-refractivity contribution in [2.75, 3.05) is 0 Å². The Morgan fingerprint density at radius 3 is 2.11 bits per heavy atom. The van der Waals surface area contributed by atoms with Crippen molar-refractivity contribution >= 4 is 6.09 Å². The highest BCUT2D eigenvalue weighted by atomic mass is 16.6. The highest BCUT2D eigenvalue weighted by molar-refractivity contribution is 5.68. The lowest BCUT2D eigenvalue weighted by Crippen LogP contribution is -2.49. The van der Waals surface area contributed by atoms with E-state index in [0.29, 0.717) is 0 Å². The van der Waals surface area contributed by atoms with Crippen LogP contribution in [0.2, 0.25) is 0 Å². The molecule has 1 aromatic carbocycles. The number of amides is 1. The predicted molar refractivity (Wildman–Crippen MR) is 113 cm³/mol. The van der Waals surface area contributed by atoms with Gasteiger partial charge in [-0.2, -0.15) is 0 Å². The van der Waals surface area contributed by atoms with Gasteiger partial charge in [0, 0.05) is 12.0 Å². The zero-order valence-corrected chi connectivity index (χ0v) is 18.3. The van der Waals surface area contributed by atoms with E-state index >= 15 is 0 Å². The molecule has 1 rings (SSSR count). The van der Waals surface area contributed by atoms with Crippen molar-refractivity contribution < 1.29 is 19.7 Å². The second-order valence-electron chi connectivity index (χ2n) is 8.81. The van der Waals surface area contributed by atoms with Crippen molar-refractivity contribution in [3.05, 3.63) is 35.4 Å². The number of aliphatic hydroxyl groups is 2. The molecule has 0 saturated carbocycles. The molecule has 5 heteroatoms. The van der Waals surface area contributed by atoms with Crippen molar-refractivity contribution in [3.63, 3.8) is 0 Å². The summed E-state index contributed by atoms with van der Waals surface area (Å²) >= 11 is 0. The SMILES string of the molecule is CCCCCCCCc1ccc(CC(O)(O)C(C)OC(=O)NC(C)(C)C)cc1. The molecule has 28 heavy (non-hydrogen) atoms. The number of carbonyl (C=O) groups is 1. The summed E-state index contributed by atoms with van der Waals surface area (Å²) in [5.41, 5.74) is 1.61. The van der Waals surface area contributed by atoms with Crippen LogP contribution in [0.3, 0.4) is 0 Å². The van der Waals surface area contributed by atoms with Gasteiger partial charge in [0.05, 0.1) is 0 Å². The van der Waals surface area contributed by atoms with Crippen molar-refractivity contribution in [2.24, 2.45) is 0 Å². The second-order valence-corrected chi connectivity index (χ2v) is 8.81. The van der Waals surface area contributed by atoms with E-state index in [1.165, 1.54) is 51.0 Å². The van der Waals surface area contributed by atoms with Crippen LogP contribution >= 0.6 is 0 Å². The smallest absolute Gasteiger partial charge is 0.407 e. The highest BCUT2D eigenvalue weighted by Gasteiger charge is 2.35. The minimum absolute atomic E-state index is 0.00569. The van der Waals surface area contributed by atoms with Crippen LogP contribution in [0.25, 0.3) is 0 Å². The third-order valence-corrected chi connectivity index (χ3v) is 4.72. The molecule has 1 unspecified atom stereocenters. The van der Waals surface area contributed by atoms with Gasteiger partial charge in [0.15, 0.2) is 6.10 Å². The first kappa shape index (κ1) is 24.4. The summed E-state index contributed by atoms with van der Waals surface area (Å²) in [5.74, 6) is -2.13. The number of unbranched alkanes of at least 4 members (excludes halogenated alkanes) is 5. The van der Waals surface area contributed by atoms with Crippen molar-refractivity contribution in [1.82, 2.24) is 5.32 Å². The number of ether oxygens (including phenoxy) is 1. The molecule has 1 amide bonds. The number of aryl methyl sites for hydroxylation is 1. The van der Waals surface area contributed by atoms with E-state index in [4.69, 9.17) is 4.74 Å². The van der Waals surface area contributed by atoms with Crippen molar-refractivity contribution in [2.45, 2.75) is 103 Å². The van der Waals surface area contributed by atoms with Crippen LogP contribution in [0, 0.1) is 0 Å². The van der Waals surface area contributed by atoms with E-state index in [9.17, 15) is 15.0 Å². The maximum absolute atomic E-state index is 11.8. The summed E-state index contributed by atoms with van der Waals surface area (Å²) in [6, 6.07) is 7.90. The number of carbonyl (C=O) groups excluding carboxylic acids is 1. The minimum atomic E-state index is -2.13. The normalized spacial score (nSPS) is 13.2. The van der Waals surface area contributed by atoms with Crippen LogP contribution < -0.4 is 5.32 Å². The molecule has 5 nitrogen and oxygen atoms in total. The Bertz CT molecular complexity index is 575. The molecule has 0 radical (unpaired) electrons. The maximum Gasteiger partial charge on any atom is 0.407 e. The zero-order valence-electron chi connectivity index (χ0n) is 18.3. The maximum atomic E-state index is 11.8. The second kappa shape index (κ2) is 11.4. The number of alkyl carbamates (subject to hydrolysis) is 1. The Kier molecular flexibility index (Phi) is 9.97. The van der Waals surface area contributed by atoms with Gasteiger partial charge in [0.2, 0.25) is 5.79 Å². The Hall–Kier alpha value is -1.59. The van der Waals surface area contributed by atoms with E-state index in [1.807, 2.05) is 45.0 Å². The van der Waals surface area contributed by atoms with E-state index in [-0.39, 0.29) is 6.42 Å². The van der Waals surface area contributed by atoms with Gasteiger partial charge in [-0.3, -0.25) is 0 Å². The fourth-order valence-corrected chi connectivity index (χ4v) is 2.97. The first-order valence-corrected chi connectivity index (χ1v) is 10.5. The summed E-state index contributed by atoms with van der Waals surface area (Å²) in [4.78, 5) is 11.8. The number of hydrogen-bond donors (Lipinski definition) is 3. The van der Waals surface area contributed by atoms with Gasteiger partial charge in [0.1, 0.15) is 0 Å². The van der Waals surface area contributed by atoms with Gasteiger partial charge < -0.3 is 20.3 Å². The van der Waals surface area contributed by atoms with Crippen LogP contribution in [0.15, 0.2) is 24.3 Å². The number of nitrogens with one attached hydrogen (secondary N) is 1. The molecule has 0 aromatic heterocycles. The summed E-state index contributed by atoms with van der Waals surface area (Å²) in [6.45, 7) is 9.20. The third kappa shape index (κ3) is 10.1. The topological polar surface area (TPSA) is 78.8 Å². The zero-order chi connectivity index (χ0) is 21.2. The Labute approximate surface area is 170 Å². The van der Waals surface area contributed by atoms with Crippen LogP contribution in [-0.4, -0.2) is 33.7 Å². The van der Waals surface area contributed by atoms with Crippen LogP contribution in [0.1, 0.15) is 84.3 Å². The molecule has 160 valence electrons. The lowest BCUT2D eigenvalue weighted by atomic mass is 9.98. The van der Waals surface area contributed by atoms with Gasteiger partial charge in [-0.05, 0) is 51.7 Å². The number of rotatable bonds is 11. The number of benzene rings is 1. The standard InChI is InChI=1S/C23H39NO4/c1-6-7-8-9-10-11-12-19-13-15-20(16-14-19)17-23(26,27)18(2)28-21(25)24-22(3,4)5/h13-16,18,26-27H,6-12,17H2,1-5H3,(H,24,25). The predicted octanol–water partition coefficient (Wildman–Crippen LogP) is 4.73. The lowest BCUT2D eigenvalue weighted by molar-refractivity contribution is -0.217. The Morgan fingerprint density at radius 1 is 1.00 bits per heavy atom. The van der Waals surface area contributed by atoms with Gasteiger partial charge in [-0.1, -0.05) is 63.3 Å². The molecule has 0 fully saturated rings. The minimum Gasteiger partial charge on any atom is -0.441 e. The van der Waals surface area contributed by atoms with E-state index in [1.54, 1.807) is 0 Å². The molecule has 0 heterocycles. The summed E-state index contributed by atoms with van der Waals surface area (Å²) in [5, 5.41) is 23.3. The average Bonchev–Trinajstić information content (AvgIpc) is 2.57. The molecular weight excluding hydrogens is 354 g/mol. The summed E-state index contributed by atoms with van der Waals surface area (Å²) < 4.78 is 5.13. The first-order valence-electron chi connectivity index (χ1n) is 10.5. The van der Waals surface area contributed by atoms with E-state index in [0.717, 1.165) is 12.0 Å². The molecule has 1 aromatic rings. The largest absolute Gasteiger partial charge is 0.441 e. The molecule has 0 bridgehead atoms. The van der Waals surface area contributed by atoms with Crippen molar-refractivity contribution in [3.8, 4) is 0 Å². The first-order chi connectivity index (χ1) is 13.0. The van der Waals surface area contributed by atoms with Gasteiger partial charge >= 0.3 is 6.09 Å². The van der Waals surface area contributed by atoms with E-state index in [2.05, 4.69) is 12.2 Å². The molecule has 0 aliphatic rings. The Balaban J connectivity index is 2.47. The van der Waals surface area contributed by atoms with Crippen LogP contribution in [0.5, 0.6) is 0 Å². The fourth-order valence-electron chi connectivity index (χ4n) is 2.97. The summed E-state index contributed by atoms with van der Waals surface area (Å²) in [6.07, 6.45) is 6.95. The molecule has 0 saturated heterocycles. The molecule has 0 aliphatic heterocycles. The van der Waals surface area contributed by atoms with Gasteiger partial charge in [0.25, 0.3) is 0 Å². The third-order valence-electron chi connectivity index (χ3n) is 4.72. The molecular formula is C23H39NO4. The van der Waals surface area contributed by atoms with Crippen LogP contribution in [-0.2, 0) is 17.6 Å². The molecule has 0 spiro atoms. The highest BCUT2D eigenvalue weighted by Crippen LogP contribution is 2.19. The molecule has 0 aliphatic carbocycles. The van der Waals surface area contributed by atoms with Crippen LogP contribution in [0.4, 0.5) is 4.79 Å². The fraction of sp³-hybridized carbons (Fsp3) is 0.696. The number of hydrogen-bond acceptors (Lipinski definition) is 4. The van der Waals surface area contributed by atoms with E-state index < -0.39 is 23.5 Å². The molecule has 3 N–H and O–H groups in total. The Morgan fingerprint density at radius 2 is 1.54 bits per heavy atom. The van der Waals surface area contributed by atoms with Gasteiger partial charge in [-0.15, -0.1) is 0 Å². The molecule has 1 atom stereocenters. The quantitative estimate of drug-likeness (QED) is 0.375. The lowest BCUT2D eigenvalue weighted by Gasteiger charge is -2.30. The monoisotopic (exact) mass is 393 g/mol. The van der Waals surface area contributed by atoms with Crippen molar-refractivity contribution in [1.29, 1.82) is 0 Å². The van der Waals surface area contributed by atoms with Gasteiger partial charge in [-0.25, -0.2) is 4.79 Å². The summed E-state index contributed by atoms with van der Waals surface area (Å²) in [7, 11) is 0. The average molecular weight is 394 g/mol.